The van der Waals surface area contributed by atoms with E-state index in [-0.39, 0.29) is 21.7 Å². The Hall–Kier alpha value is -1.40. The number of rotatable bonds is 2. The molecule has 0 bridgehead atoms. The molecular weight excluding hydrogens is 231 g/mol. The van der Waals surface area contributed by atoms with Crippen LogP contribution in [0.15, 0.2) is 0 Å². The van der Waals surface area contributed by atoms with Crippen LogP contribution >= 0.6 is 23.2 Å². The number of nitrogens with zero attached hydrogens (tertiary/aromatic N) is 2. The highest BCUT2D eigenvalue weighted by Gasteiger charge is 2.17. The molecule has 0 spiro atoms. The molecule has 8 heteroatoms. The van der Waals surface area contributed by atoms with Crippen LogP contribution in [0, 0.1) is 0 Å². The first-order valence-electron chi connectivity index (χ1n) is 3.26. The summed E-state index contributed by atoms with van der Waals surface area (Å²) in [5.41, 5.74) is 9.14. The lowest BCUT2D eigenvalue weighted by Crippen LogP contribution is -2.20. The zero-order valence-corrected chi connectivity index (χ0v) is 8.13. The fourth-order valence-electron chi connectivity index (χ4n) is 0.710. The van der Waals surface area contributed by atoms with Gasteiger partial charge in [-0.3, -0.25) is 9.59 Å². The van der Waals surface area contributed by atoms with Crippen molar-refractivity contribution in [1.29, 1.82) is 0 Å². The highest BCUT2D eigenvalue weighted by molar-refractivity contribution is 6.35. The summed E-state index contributed by atoms with van der Waals surface area (Å²) in [6, 6.07) is 0. The van der Waals surface area contributed by atoms with Crippen molar-refractivity contribution in [3.63, 3.8) is 0 Å². The van der Waals surface area contributed by atoms with E-state index in [9.17, 15) is 9.59 Å². The molecule has 1 aromatic rings. The Kier molecular flexibility index (Phi) is 2.87. The van der Waals surface area contributed by atoms with Crippen LogP contribution in [0.2, 0.25) is 10.3 Å². The van der Waals surface area contributed by atoms with Crippen molar-refractivity contribution in [3.05, 3.63) is 21.7 Å². The Bertz CT molecular complexity index is 385. The second-order valence-electron chi connectivity index (χ2n) is 2.23. The van der Waals surface area contributed by atoms with Gasteiger partial charge in [-0.05, 0) is 0 Å². The first-order chi connectivity index (χ1) is 6.43. The molecule has 0 aromatic carbocycles. The molecular formula is C6H4Cl2N4O2. The van der Waals surface area contributed by atoms with Crippen LogP contribution in [0.5, 0.6) is 0 Å². The Morgan fingerprint density at radius 2 is 1.29 bits per heavy atom. The molecule has 0 saturated heterocycles. The zero-order valence-electron chi connectivity index (χ0n) is 6.62. The average Bonchev–Trinajstić information content (AvgIpc) is 2.02. The molecule has 1 rings (SSSR count). The molecule has 14 heavy (non-hydrogen) atoms. The molecule has 1 aromatic heterocycles. The summed E-state index contributed by atoms with van der Waals surface area (Å²) in [7, 11) is 0. The van der Waals surface area contributed by atoms with Gasteiger partial charge in [0.05, 0.1) is 0 Å². The molecule has 0 fully saturated rings. The summed E-state index contributed by atoms with van der Waals surface area (Å²) in [6.07, 6.45) is 0. The van der Waals surface area contributed by atoms with Gasteiger partial charge in [-0.1, -0.05) is 23.2 Å². The Labute approximate surface area is 88.2 Å². The van der Waals surface area contributed by atoms with Crippen molar-refractivity contribution in [2.45, 2.75) is 0 Å². The number of primary amides is 2. The summed E-state index contributed by atoms with van der Waals surface area (Å²) in [5, 5.41) is -0.542. The molecule has 0 saturated carbocycles. The van der Waals surface area contributed by atoms with Crippen molar-refractivity contribution >= 4 is 35.0 Å². The first-order valence-corrected chi connectivity index (χ1v) is 4.01. The number of carbonyl (C=O) groups is 2. The van der Waals surface area contributed by atoms with E-state index < -0.39 is 11.8 Å². The van der Waals surface area contributed by atoms with Gasteiger partial charge in [-0.25, -0.2) is 9.97 Å². The van der Waals surface area contributed by atoms with E-state index >= 15 is 0 Å². The molecule has 0 aliphatic heterocycles. The predicted octanol–water partition coefficient (Wildman–Crippen LogP) is -0.0188. The van der Waals surface area contributed by atoms with Crippen LogP contribution in [0.1, 0.15) is 21.0 Å². The van der Waals surface area contributed by atoms with Crippen molar-refractivity contribution in [2.24, 2.45) is 11.5 Å². The number of carbonyl (C=O) groups excluding carboxylic acids is 2. The normalized spacial score (nSPS) is 9.86. The Balaban J connectivity index is 3.42. The van der Waals surface area contributed by atoms with E-state index in [2.05, 4.69) is 9.97 Å². The van der Waals surface area contributed by atoms with Gasteiger partial charge in [0.25, 0.3) is 11.8 Å². The maximum Gasteiger partial charge on any atom is 0.270 e. The van der Waals surface area contributed by atoms with Gasteiger partial charge in [0.2, 0.25) is 0 Å². The third-order valence-electron chi connectivity index (χ3n) is 1.28. The quantitative estimate of drug-likeness (QED) is 0.749. The van der Waals surface area contributed by atoms with Gasteiger partial charge < -0.3 is 11.5 Å². The van der Waals surface area contributed by atoms with E-state index in [0.29, 0.717) is 0 Å². The summed E-state index contributed by atoms with van der Waals surface area (Å²) in [5.74, 6) is -1.83. The van der Waals surface area contributed by atoms with E-state index in [4.69, 9.17) is 34.7 Å². The van der Waals surface area contributed by atoms with Gasteiger partial charge >= 0.3 is 0 Å². The van der Waals surface area contributed by atoms with Crippen LogP contribution in [0.25, 0.3) is 0 Å². The lowest BCUT2D eigenvalue weighted by molar-refractivity contribution is 0.0992. The maximum absolute atomic E-state index is 10.7. The second-order valence-corrected chi connectivity index (χ2v) is 2.95. The second kappa shape index (κ2) is 3.77. The summed E-state index contributed by atoms with van der Waals surface area (Å²) < 4.78 is 0. The molecule has 74 valence electrons. The fourth-order valence-corrected chi connectivity index (χ4v) is 1.19. The molecule has 0 unspecified atom stereocenters. The standard InChI is InChI=1S/C6H4Cl2N4O2/c7-3-1(5(9)13)11-2(6(10)14)4(8)12-3/h(H2,9,13)(H2,10,14). The van der Waals surface area contributed by atoms with E-state index in [1.165, 1.54) is 0 Å². The van der Waals surface area contributed by atoms with Crippen molar-refractivity contribution in [2.75, 3.05) is 0 Å². The summed E-state index contributed by atoms with van der Waals surface area (Å²) >= 11 is 11.0. The van der Waals surface area contributed by atoms with Crippen LogP contribution in [0.3, 0.4) is 0 Å². The number of nitrogens with two attached hydrogens (primary N) is 2. The van der Waals surface area contributed by atoms with Gasteiger partial charge in [0, 0.05) is 0 Å². The number of hydrogen-bond donors (Lipinski definition) is 2. The van der Waals surface area contributed by atoms with Crippen molar-refractivity contribution < 1.29 is 9.59 Å². The zero-order chi connectivity index (χ0) is 10.9. The highest BCUT2D eigenvalue weighted by Crippen LogP contribution is 2.17. The average molecular weight is 235 g/mol. The molecule has 0 aliphatic carbocycles. The lowest BCUT2D eigenvalue weighted by atomic mass is 10.3. The molecule has 0 radical (unpaired) electrons. The minimum absolute atomic E-state index is 0.271. The fraction of sp³-hybridized carbons (Fsp3) is 0. The number of amides is 2. The minimum atomic E-state index is -0.915. The lowest BCUT2D eigenvalue weighted by Gasteiger charge is -2.02. The minimum Gasteiger partial charge on any atom is -0.364 e. The first kappa shape index (κ1) is 10.7. The molecule has 0 atom stereocenters. The summed E-state index contributed by atoms with van der Waals surface area (Å²) in [4.78, 5) is 28.5. The number of hydrogen-bond acceptors (Lipinski definition) is 4. The predicted molar refractivity (Wildman–Crippen MR) is 49.1 cm³/mol. The van der Waals surface area contributed by atoms with Crippen LogP contribution in [0.4, 0.5) is 0 Å². The highest BCUT2D eigenvalue weighted by atomic mass is 35.5. The van der Waals surface area contributed by atoms with Gasteiger partial charge in [0.15, 0.2) is 21.7 Å². The van der Waals surface area contributed by atoms with Crippen molar-refractivity contribution in [1.82, 2.24) is 9.97 Å². The van der Waals surface area contributed by atoms with E-state index in [0.717, 1.165) is 0 Å². The van der Waals surface area contributed by atoms with Crippen LogP contribution in [-0.4, -0.2) is 21.8 Å². The molecule has 1 heterocycles. The third-order valence-corrected chi connectivity index (χ3v) is 1.80. The smallest absolute Gasteiger partial charge is 0.270 e. The number of halogens is 2. The third kappa shape index (κ3) is 1.91. The Morgan fingerprint density at radius 3 is 1.57 bits per heavy atom. The molecule has 2 amide bonds. The molecule has 4 N–H and O–H groups in total. The van der Waals surface area contributed by atoms with Crippen molar-refractivity contribution in [3.8, 4) is 0 Å². The maximum atomic E-state index is 10.7. The summed E-state index contributed by atoms with van der Waals surface area (Å²) in [6.45, 7) is 0. The van der Waals surface area contributed by atoms with Gasteiger partial charge in [-0.15, -0.1) is 0 Å². The van der Waals surface area contributed by atoms with Crippen LogP contribution < -0.4 is 11.5 Å². The van der Waals surface area contributed by atoms with Gasteiger partial charge in [-0.2, -0.15) is 0 Å². The molecule has 6 nitrogen and oxygen atoms in total. The monoisotopic (exact) mass is 234 g/mol. The SMILES string of the molecule is NC(=O)c1nc(C(N)=O)c(Cl)nc1Cl. The topological polar surface area (TPSA) is 112 Å². The van der Waals surface area contributed by atoms with E-state index in [1.807, 2.05) is 0 Å². The van der Waals surface area contributed by atoms with E-state index in [1.54, 1.807) is 0 Å². The van der Waals surface area contributed by atoms with Crippen LogP contribution in [-0.2, 0) is 0 Å². The Morgan fingerprint density at radius 1 is 0.929 bits per heavy atom. The number of aromatic nitrogens is 2. The van der Waals surface area contributed by atoms with Gasteiger partial charge in [0.1, 0.15) is 0 Å². The molecule has 0 aliphatic rings. The largest absolute Gasteiger partial charge is 0.364 e.